The number of ether oxygens (including phenoxy) is 1. The second kappa shape index (κ2) is 12.1. The van der Waals surface area contributed by atoms with Crippen LogP contribution in [0.5, 0.6) is 0 Å². The molecular formula is C12H24N2O4S. The lowest BCUT2D eigenvalue weighted by Gasteiger charge is -2.14. The van der Waals surface area contributed by atoms with Crippen LogP contribution in [0.2, 0.25) is 0 Å². The number of carboxylic acids is 1. The van der Waals surface area contributed by atoms with Gasteiger partial charge in [-0.3, -0.25) is 0 Å². The third kappa shape index (κ3) is 10.6. The van der Waals surface area contributed by atoms with Gasteiger partial charge in [-0.15, -0.1) is 0 Å². The first-order valence-electron chi connectivity index (χ1n) is 6.36. The Hall–Kier alpha value is -0.950. The van der Waals surface area contributed by atoms with Crippen LogP contribution in [0.15, 0.2) is 0 Å². The molecule has 0 saturated heterocycles. The summed E-state index contributed by atoms with van der Waals surface area (Å²) in [6.07, 6.45) is 4.94. The fourth-order valence-electron chi connectivity index (χ4n) is 1.47. The number of urea groups is 1. The highest BCUT2D eigenvalue weighted by molar-refractivity contribution is 7.98. The molecule has 0 aliphatic rings. The summed E-state index contributed by atoms with van der Waals surface area (Å²) in [5.41, 5.74) is 0. The molecule has 1 unspecified atom stereocenters. The van der Waals surface area contributed by atoms with E-state index < -0.39 is 18.0 Å². The maximum absolute atomic E-state index is 11.5. The molecule has 0 aliphatic carbocycles. The minimum atomic E-state index is -1.02. The summed E-state index contributed by atoms with van der Waals surface area (Å²) >= 11 is 1.77. The predicted molar refractivity (Wildman–Crippen MR) is 76.7 cm³/mol. The van der Waals surface area contributed by atoms with Crippen molar-refractivity contribution in [1.82, 2.24) is 10.6 Å². The molecule has 19 heavy (non-hydrogen) atoms. The molecule has 6 nitrogen and oxygen atoms in total. The molecule has 0 aromatic heterocycles. The van der Waals surface area contributed by atoms with E-state index in [1.165, 1.54) is 0 Å². The number of nitrogens with one attached hydrogen (secondary N) is 2. The standard InChI is InChI=1S/C12H24N2O4S/c1-18-8-5-6-10(11(15)16)14-12(17)13-7-3-4-9-19-2/h10H,3-9H2,1-2H3,(H,15,16)(H2,13,14,17). The van der Waals surface area contributed by atoms with Gasteiger partial charge >= 0.3 is 12.0 Å². The molecular weight excluding hydrogens is 268 g/mol. The molecule has 0 heterocycles. The van der Waals surface area contributed by atoms with Gasteiger partial charge in [0.05, 0.1) is 0 Å². The number of carboxylic acid groups (broad SMARTS) is 1. The van der Waals surface area contributed by atoms with Crippen molar-refractivity contribution in [3.05, 3.63) is 0 Å². The second-order valence-corrected chi connectivity index (χ2v) is 5.11. The maximum atomic E-state index is 11.5. The molecule has 0 aromatic carbocycles. The quantitative estimate of drug-likeness (QED) is 0.500. The zero-order chi connectivity index (χ0) is 14.5. The fraction of sp³-hybridized carbons (Fsp3) is 0.833. The molecule has 0 spiro atoms. The minimum absolute atomic E-state index is 0.364. The number of thioether (sulfide) groups is 1. The Bertz CT molecular complexity index is 264. The molecule has 0 radical (unpaired) electrons. The SMILES string of the molecule is COCCCC(NC(=O)NCCCCSC)C(=O)O. The Morgan fingerprint density at radius 1 is 1.32 bits per heavy atom. The predicted octanol–water partition coefficient (Wildman–Crippen LogP) is 1.31. The molecule has 1 atom stereocenters. The molecule has 0 aliphatic heterocycles. The molecule has 7 heteroatoms. The van der Waals surface area contributed by atoms with E-state index in [4.69, 9.17) is 9.84 Å². The van der Waals surface area contributed by atoms with Gasteiger partial charge in [0.25, 0.3) is 0 Å². The Balaban J connectivity index is 3.80. The van der Waals surface area contributed by atoms with Crippen molar-refractivity contribution in [3.8, 4) is 0 Å². The zero-order valence-electron chi connectivity index (χ0n) is 11.6. The first-order chi connectivity index (χ1) is 9.11. The summed E-state index contributed by atoms with van der Waals surface area (Å²) in [5, 5.41) is 14.1. The molecule has 2 amide bonds. The second-order valence-electron chi connectivity index (χ2n) is 4.13. The van der Waals surface area contributed by atoms with Gasteiger partial charge in [-0.05, 0) is 37.7 Å². The van der Waals surface area contributed by atoms with Crippen LogP contribution in [-0.4, -0.2) is 55.4 Å². The van der Waals surface area contributed by atoms with Gasteiger partial charge in [0.2, 0.25) is 0 Å². The van der Waals surface area contributed by atoms with Gasteiger partial charge in [0.15, 0.2) is 0 Å². The van der Waals surface area contributed by atoms with Gasteiger partial charge < -0.3 is 20.5 Å². The Labute approximate surface area is 118 Å². The highest BCUT2D eigenvalue weighted by Gasteiger charge is 2.18. The van der Waals surface area contributed by atoms with Crippen LogP contribution in [-0.2, 0) is 9.53 Å². The summed E-state index contributed by atoms with van der Waals surface area (Å²) in [5.74, 6) is 0.0477. The van der Waals surface area contributed by atoms with Crippen LogP contribution in [0.3, 0.4) is 0 Å². The number of hydrogen-bond donors (Lipinski definition) is 3. The molecule has 0 bridgehead atoms. The first kappa shape index (κ1) is 18.0. The number of hydrogen-bond acceptors (Lipinski definition) is 4. The van der Waals surface area contributed by atoms with E-state index in [9.17, 15) is 9.59 Å². The number of amides is 2. The van der Waals surface area contributed by atoms with Crippen molar-refractivity contribution in [2.24, 2.45) is 0 Å². The summed E-state index contributed by atoms with van der Waals surface area (Å²) in [6, 6.07) is -1.28. The summed E-state index contributed by atoms with van der Waals surface area (Å²) in [7, 11) is 1.56. The normalized spacial score (nSPS) is 11.9. The zero-order valence-corrected chi connectivity index (χ0v) is 12.4. The van der Waals surface area contributed by atoms with Gasteiger partial charge in [-0.25, -0.2) is 9.59 Å². The van der Waals surface area contributed by atoms with E-state index in [0.717, 1.165) is 18.6 Å². The van der Waals surface area contributed by atoms with E-state index in [1.54, 1.807) is 18.9 Å². The van der Waals surface area contributed by atoms with Crippen LogP contribution < -0.4 is 10.6 Å². The summed E-state index contributed by atoms with van der Waals surface area (Å²) in [4.78, 5) is 22.5. The van der Waals surface area contributed by atoms with Gasteiger partial charge in [-0.2, -0.15) is 11.8 Å². The highest BCUT2D eigenvalue weighted by Crippen LogP contribution is 1.99. The van der Waals surface area contributed by atoms with Crippen molar-refractivity contribution in [2.45, 2.75) is 31.7 Å². The number of carbonyl (C=O) groups is 2. The average molecular weight is 292 g/mol. The monoisotopic (exact) mass is 292 g/mol. The van der Waals surface area contributed by atoms with E-state index in [0.29, 0.717) is 26.0 Å². The topological polar surface area (TPSA) is 87.7 Å². The van der Waals surface area contributed by atoms with E-state index in [-0.39, 0.29) is 0 Å². The number of aliphatic carboxylic acids is 1. The number of rotatable bonds is 11. The van der Waals surface area contributed by atoms with E-state index >= 15 is 0 Å². The lowest BCUT2D eigenvalue weighted by molar-refractivity contribution is -0.139. The average Bonchev–Trinajstić information content (AvgIpc) is 2.37. The smallest absolute Gasteiger partial charge is 0.326 e. The number of methoxy groups -OCH3 is 1. The minimum Gasteiger partial charge on any atom is -0.480 e. The van der Waals surface area contributed by atoms with Crippen molar-refractivity contribution in [2.75, 3.05) is 32.3 Å². The Morgan fingerprint density at radius 3 is 2.63 bits per heavy atom. The lowest BCUT2D eigenvalue weighted by atomic mass is 10.1. The van der Waals surface area contributed by atoms with Crippen molar-refractivity contribution < 1.29 is 19.4 Å². The highest BCUT2D eigenvalue weighted by atomic mass is 32.2. The van der Waals surface area contributed by atoms with Gasteiger partial charge in [-0.1, -0.05) is 0 Å². The number of unbranched alkanes of at least 4 members (excludes halogenated alkanes) is 1. The first-order valence-corrected chi connectivity index (χ1v) is 7.76. The molecule has 0 rings (SSSR count). The maximum Gasteiger partial charge on any atom is 0.326 e. The summed E-state index contributed by atoms with van der Waals surface area (Å²) in [6.45, 7) is 1.05. The molecule has 112 valence electrons. The molecule has 0 aromatic rings. The van der Waals surface area contributed by atoms with Crippen LogP contribution in [0.25, 0.3) is 0 Å². The van der Waals surface area contributed by atoms with Crippen LogP contribution >= 0.6 is 11.8 Å². The van der Waals surface area contributed by atoms with Crippen molar-refractivity contribution >= 4 is 23.8 Å². The largest absolute Gasteiger partial charge is 0.480 e. The molecule has 3 N–H and O–H groups in total. The van der Waals surface area contributed by atoms with Gasteiger partial charge in [0.1, 0.15) is 6.04 Å². The van der Waals surface area contributed by atoms with Crippen LogP contribution in [0, 0.1) is 0 Å². The van der Waals surface area contributed by atoms with E-state index in [2.05, 4.69) is 10.6 Å². The third-order valence-corrected chi connectivity index (χ3v) is 3.20. The Kier molecular flexibility index (Phi) is 11.5. The van der Waals surface area contributed by atoms with Gasteiger partial charge in [0, 0.05) is 20.3 Å². The number of carbonyl (C=O) groups excluding carboxylic acids is 1. The molecule has 0 fully saturated rings. The molecule has 0 saturated carbocycles. The Morgan fingerprint density at radius 2 is 2.05 bits per heavy atom. The third-order valence-electron chi connectivity index (χ3n) is 2.51. The summed E-state index contributed by atoms with van der Waals surface area (Å²) < 4.78 is 4.86. The van der Waals surface area contributed by atoms with Crippen LogP contribution in [0.4, 0.5) is 4.79 Å². The van der Waals surface area contributed by atoms with E-state index in [1.807, 2.05) is 6.26 Å². The lowest BCUT2D eigenvalue weighted by Crippen LogP contribution is -2.46. The fourth-order valence-corrected chi connectivity index (χ4v) is 1.96. The van der Waals surface area contributed by atoms with Crippen molar-refractivity contribution in [1.29, 1.82) is 0 Å². The van der Waals surface area contributed by atoms with Crippen LogP contribution in [0.1, 0.15) is 25.7 Å². The van der Waals surface area contributed by atoms with Crippen molar-refractivity contribution in [3.63, 3.8) is 0 Å².